The van der Waals surface area contributed by atoms with Crippen molar-refractivity contribution in [2.75, 3.05) is 14.2 Å². The van der Waals surface area contributed by atoms with Crippen molar-refractivity contribution in [1.82, 2.24) is 0 Å². The van der Waals surface area contributed by atoms with Crippen molar-refractivity contribution < 1.29 is 33.3 Å². The maximum absolute atomic E-state index is 13.0. The molecule has 1 fully saturated rings. The predicted molar refractivity (Wildman–Crippen MR) is 126 cm³/mol. The molecule has 8 heteroatoms. The fourth-order valence-corrected chi connectivity index (χ4v) is 4.50. The number of methoxy groups -OCH3 is 2. The van der Waals surface area contributed by atoms with E-state index in [-0.39, 0.29) is 29.7 Å². The van der Waals surface area contributed by atoms with Crippen LogP contribution in [0.5, 0.6) is 17.2 Å². The lowest BCUT2D eigenvalue weighted by atomic mass is 9.80. The molecular formula is C26H27ClO7. The number of hydrogen-bond donors (Lipinski definition) is 0. The number of aryl methyl sites for hydroxylation is 2. The summed E-state index contributed by atoms with van der Waals surface area (Å²) in [6, 6.07) is 8.45. The Balaban J connectivity index is 1.40. The number of Topliss-reactive ketones (excluding diaryl/α,β-unsaturated/α-hetero) is 1. The largest absolute Gasteiger partial charge is 0.493 e. The summed E-state index contributed by atoms with van der Waals surface area (Å²) >= 11 is 6.22. The summed E-state index contributed by atoms with van der Waals surface area (Å²) in [6.07, 6.45) is 2.16. The van der Waals surface area contributed by atoms with Crippen molar-refractivity contribution in [2.45, 2.75) is 45.3 Å². The zero-order valence-corrected chi connectivity index (χ0v) is 20.3. The van der Waals surface area contributed by atoms with Crippen molar-refractivity contribution in [1.29, 1.82) is 0 Å². The standard InChI is InChI=1S/C26H27ClO7/c1-14-9-18(10-15(2)24(14)27)33-23-13-32-21-12-17(6-7-19(21)25(23)28)34-26(29)16-5-8-20(30-3)22(11-16)31-4/h5,8-11,13,17,19,21H,6-7,12H2,1-4H3. The van der Waals surface area contributed by atoms with Gasteiger partial charge in [-0.25, -0.2) is 4.79 Å². The molecule has 34 heavy (non-hydrogen) atoms. The van der Waals surface area contributed by atoms with Gasteiger partial charge in [-0.3, -0.25) is 4.79 Å². The predicted octanol–water partition coefficient (Wildman–Crippen LogP) is 5.19. The summed E-state index contributed by atoms with van der Waals surface area (Å²) in [5, 5.41) is 0.675. The molecule has 180 valence electrons. The smallest absolute Gasteiger partial charge is 0.338 e. The van der Waals surface area contributed by atoms with Gasteiger partial charge in [-0.05, 0) is 68.1 Å². The molecule has 0 amide bonds. The lowest BCUT2D eigenvalue weighted by molar-refractivity contribution is -0.132. The van der Waals surface area contributed by atoms with Crippen LogP contribution in [0, 0.1) is 19.8 Å². The van der Waals surface area contributed by atoms with Crippen LogP contribution in [-0.4, -0.2) is 38.2 Å². The van der Waals surface area contributed by atoms with E-state index in [0.717, 1.165) is 11.1 Å². The molecule has 0 radical (unpaired) electrons. The molecule has 0 spiro atoms. The average molecular weight is 487 g/mol. The van der Waals surface area contributed by atoms with E-state index in [2.05, 4.69) is 0 Å². The Bertz CT molecular complexity index is 1120. The number of esters is 1. The zero-order valence-electron chi connectivity index (χ0n) is 19.6. The van der Waals surface area contributed by atoms with Gasteiger partial charge < -0.3 is 23.7 Å². The minimum Gasteiger partial charge on any atom is -0.493 e. The number of fused-ring (bicyclic) bond motifs is 1. The van der Waals surface area contributed by atoms with E-state index in [9.17, 15) is 9.59 Å². The van der Waals surface area contributed by atoms with Crippen LogP contribution in [0.4, 0.5) is 0 Å². The lowest BCUT2D eigenvalue weighted by Gasteiger charge is -2.36. The summed E-state index contributed by atoms with van der Waals surface area (Å²) < 4.78 is 27.9. The number of carbonyl (C=O) groups is 2. The van der Waals surface area contributed by atoms with Gasteiger partial charge in [-0.15, -0.1) is 0 Å². The Morgan fingerprint density at radius 3 is 2.41 bits per heavy atom. The fraction of sp³-hybridized carbons (Fsp3) is 0.385. The molecule has 1 aliphatic heterocycles. The molecule has 7 nitrogen and oxygen atoms in total. The summed E-state index contributed by atoms with van der Waals surface area (Å²) in [6.45, 7) is 3.77. The Morgan fingerprint density at radius 1 is 1.03 bits per heavy atom. The van der Waals surface area contributed by atoms with E-state index in [1.165, 1.54) is 20.5 Å². The van der Waals surface area contributed by atoms with E-state index < -0.39 is 5.97 Å². The van der Waals surface area contributed by atoms with Crippen LogP contribution >= 0.6 is 11.6 Å². The maximum atomic E-state index is 13.0. The van der Waals surface area contributed by atoms with Gasteiger partial charge in [0.1, 0.15) is 24.2 Å². The van der Waals surface area contributed by atoms with Gasteiger partial charge in [0, 0.05) is 11.4 Å². The summed E-state index contributed by atoms with van der Waals surface area (Å²) in [7, 11) is 3.04. The third-order valence-corrected chi connectivity index (χ3v) is 6.80. The minimum absolute atomic E-state index is 0.105. The molecule has 2 aromatic rings. The van der Waals surface area contributed by atoms with E-state index in [1.54, 1.807) is 30.3 Å². The topological polar surface area (TPSA) is 80.3 Å². The highest BCUT2D eigenvalue weighted by Crippen LogP contribution is 2.36. The van der Waals surface area contributed by atoms with Gasteiger partial charge in [0.05, 0.1) is 25.7 Å². The highest BCUT2D eigenvalue weighted by molar-refractivity contribution is 6.32. The van der Waals surface area contributed by atoms with E-state index in [4.69, 9.17) is 35.3 Å². The van der Waals surface area contributed by atoms with Crippen LogP contribution in [0.25, 0.3) is 0 Å². The molecule has 0 saturated heterocycles. The van der Waals surface area contributed by atoms with Crippen LogP contribution < -0.4 is 14.2 Å². The molecule has 1 aliphatic carbocycles. The van der Waals surface area contributed by atoms with Gasteiger partial charge in [0.2, 0.25) is 11.5 Å². The fourth-order valence-electron chi connectivity index (χ4n) is 4.39. The van der Waals surface area contributed by atoms with E-state index in [1.807, 2.05) is 13.8 Å². The average Bonchev–Trinajstić information content (AvgIpc) is 2.83. The zero-order chi connectivity index (χ0) is 24.4. The van der Waals surface area contributed by atoms with Gasteiger partial charge in [-0.2, -0.15) is 0 Å². The first-order valence-electron chi connectivity index (χ1n) is 11.1. The second kappa shape index (κ2) is 9.97. The Kier molecular flexibility index (Phi) is 7.03. The highest BCUT2D eigenvalue weighted by atomic mass is 35.5. The van der Waals surface area contributed by atoms with Crippen LogP contribution in [0.1, 0.15) is 40.7 Å². The first-order chi connectivity index (χ1) is 16.3. The first-order valence-corrected chi connectivity index (χ1v) is 11.5. The molecule has 1 heterocycles. The highest BCUT2D eigenvalue weighted by Gasteiger charge is 2.42. The van der Waals surface area contributed by atoms with Gasteiger partial charge in [-0.1, -0.05) is 11.6 Å². The number of ether oxygens (including phenoxy) is 5. The molecule has 2 aromatic carbocycles. The molecule has 0 N–H and O–H groups in total. The van der Waals surface area contributed by atoms with Gasteiger partial charge in [0.25, 0.3) is 0 Å². The number of halogens is 1. The number of benzene rings is 2. The second-order valence-corrected chi connectivity index (χ2v) is 8.89. The van der Waals surface area contributed by atoms with Crippen molar-refractivity contribution in [2.24, 2.45) is 5.92 Å². The summed E-state index contributed by atoms with van der Waals surface area (Å²) in [5.74, 6) is 0.783. The number of rotatable bonds is 6. The SMILES string of the molecule is COc1ccc(C(=O)OC2CCC3C(=O)C(Oc4cc(C)c(Cl)c(C)c4)=COC3C2)cc1OC. The minimum atomic E-state index is -0.459. The number of ketones is 1. The van der Waals surface area contributed by atoms with Crippen LogP contribution in [0.3, 0.4) is 0 Å². The quantitative estimate of drug-likeness (QED) is 0.520. The van der Waals surface area contributed by atoms with Gasteiger partial charge in [0.15, 0.2) is 11.5 Å². The Morgan fingerprint density at radius 2 is 1.74 bits per heavy atom. The van der Waals surface area contributed by atoms with Crippen LogP contribution in [-0.2, 0) is 14.3 Å². The number of carbonyl (C=O) groups excluding carboxylic acids is 2. The van der Waals surface area contributed by atoms with Gasteiger partial charge >= 0.3 is 5.97 Å². The lowest BCUT2D eigenvalue weighted by Crippen LogP contribution is -2.43. The molecule has 1 saturated carbocycles. The van der Waals surface area contributed by atoms with Crippen LogP contribution in [0.15, 0.2) is 42.4 Å². The molecule has 0 aromatic heterocycles. The van der Waals surface area contributed by atoms with E-state index >= 15 is 0 Å². The maximum Gasteiger partial charge on any atom is 0.338 e. The molecular weight excluding hydrogens is 460 g/mol. The summed E-state index contributed by atoms with van der Waals surface area (Å²) in [5.41, 5.74) is 2.11. The third-order valence-electron chi connectivity index (χ3n) is 6.20. The first kappa shape index (κ1) is 24.0. The van der Waals surface area contributed by atoms with Crippen molar-refractivity contribution in [3.05, 3.63) is 64.1 Å². The third kappa shape index (κ3) is 4.85. The van der Waals surface area contributed by atoms with Crippen LogP contribution in [0.2, 0.25) is 5.02 Å². The number of hydrogen-bond acceptors (Lipinski definition) is 7. The molecule has 0 bridgehead atoms. The summed E-state index contributed by atoms with van der Waals surface area (Å²) in [4.78, 5) is 25.7. The van der Waals surface area contributed by atoms with Crippen molar-refractivity contribution >= 4 is 23.4 Å². The van der Waals surface area contributed by atoms with Crippen molar-refractivity contribution in [3.63, 3.8) is 0 Å². The molecule has 2 aliphatic rings. The van der Waals surface area contributed by atoms with Crippen molar-refractivity contribution in [3.8, 4) is 17.2 Å². The Hall–Kier alpha value is -3.19. The monoisotopic (exact) mass is 486 g/mol. The number of allylic oxidation sites excluding steroid dienone is 1. The molecule has 3 atom stereocenters. The normalized spacial score (nSPS) is 21.6. The van der Waals surface area contributed by atoms with E-state index in [0.29, 0.717) is 47.1 Å². The Labute approximate surface area is 203 Å². The molecule has 3 unspecified atom stereocenters. The second-order valence-electron chi connectivity index (χ2n) is 8.51. The molecule has 4 rings (SSSR count).